The maximum atomic E-state index is 12.8. The summed E-state index contributed by atoms with van der Waals surface area (Å²) < 4.78 is 17.6. The molecule has 0 spiro atoms. The van der Waals surface area contributed by atoms with Crippen LogP contribution in [0.25, 0.3) is 0 Å². The third-order valence-electron chi connectivity index (χ3n) is 3.74. The number of benzene rings is 2. The second-order valence-corrected chi connectivity index (χ2v) is 5.66. The Bertz CT molecular complexity index is 819. The van der Waals surface area contributed by atoms with Gasteiger partial charge in [0, 0.05) is 5.69 Å². The highest BCUT2D eigenvalue weighted by Crippen LogP contribution is 2.17. The fourth-order valence-corrected chi connectivity index (χ4v) is 2.11. The highest BCUT2D eigenvalue weighted by atomic mass is 19.1. The molecule has 136 valence electrons. The van der Waals surface area contributed by atoms with Crippen LogP contribution in [0.4, 0.5) is 10.1 Å². The first-order valence-electron chi connectivity index (χ1n) is 7.92. The number of carbonyl (C=O) groups excluding carboxylic acids is 3. The molecule has 2 aromatic rings. The molecule has 0 heterocycles. The minimum absolute atomic E-state index is 0.131. The summed E-state index contributed by atoms with van der Waals surface area (Å²) in [5, 5.41) is 5.07. The molecular formula is C19H19FN2O4. The van der Waals surface area contributed by atoms with Crippen LogP contribution in [0.3, 0.4) is 0 Å². The van der Waals surface area contributed by atoms with E-state index in [2.05, 4.69) is 10.6 Å². The van der Waals surface area contributed by atoms with Gasteiger partial charge in [0.05, 0.1) is 12.1 Å². The molecule has 0 aliphatic heterocycles. The molecule has 0 saturated carbocycles. The molecule has 6 nitrogen and oxygen atoms in total. The van der Waals surface area contributed by atoms with Gasteiger partial charge in [-0.15, -0.1) is 0 Å². The Hall–Kier alpha value is -3.22. The summed E-state index contributed by atoms with van der Waals surface area (Å²) in [5.41, 5.74) is 2.79. The average Bonchev–Trinajstić information content (AvgIpc) is 2.62. The van der Waals surface area contributed by atoms with Crippen molar-refractivity contribution < 1.29 is 23.5 Å². The van der Waals surface area contributed by atoms with E-state index in [4.69, 9.17) is 4.74 Å². The van der Waals surface area contributed by atoms with E-state index >= 15 is 0 Å². The maximum Gasteiger partial charge on any atom is 0.338 e. The predicted molar refractivity (Wildman–Crippen MR) is 94.2 cm³/mol. The summed E-state index contributed by atoms with van der Waals surface area (Å²) in [6, 6.07) is 10.3. The van der Waals surface area contributed by atoms with E-state index in [1.165, 1.54) is 12.1 Å². The number of hydrogen-bond donors (Lipinski definition) is 2. The van der Waals surface area contributed by atoms with Crippen LogP contribution in [0.15, 0.2) is 42.5 Å². The van der Waals surface area contributed by atoms with Crippen molar-refractivity contribution in [2.24, 2.45) is 0 Å². The van der Waals surface area contributed by atoms with Crippen LogP contribution in [0.2, 0.25) is 0 Å². The summed E-state index contributed by atoms with van der Waals surface area (Å²) in [5.74, 6) is -2.23. The predicted octanol–water partition coefficient (Wildman–Crippen LogP) is 2.35. The summed E-state index contributed by atoms with van der Waals surface area (Å²) >= 11 is 0. The Kier molecular flexibility index (Phi) is 6.43. The molecule has 26 heavy (non-hydrogen) atoms. The van der Waals surface area contributed by atoms with Gasteiger partial charge in [0.25, 0.3) is 5.91 Å². The lowest BCUT2D eigenvalue weighted by atomic mass is 10.1. The van der Waals surface area contributed by atoms with Crippen LogP contribution in [-0.4, -0.2) is 30.9 Å². The van der Waals surface area contributed by atoms with Crippen molar-refractivity contribution in [3.05, 3.63) is 65.0 Å². The third kappa shape index (κ3) is 5.41. The summed E-state index contributed by atoms with van der Waals surface area (Å²) in [4.78, 5) is 35.3. The van der Waals surface area contributed by atoms with Gasteiger partial charge in [-0.3, -0.25) is 9.59 Å². The van der Waals surface area contributed by atoms with E-state index in [1.54, 1.807) is 6.07 Å². The average molecular weight is 358 g/mol. The molecule has 2 aromatic carbocycles. The van der Waals surface area contributed by atoms with Crippen LogP contribution >= 0.6 is 0 Å². The maximum absolute atomic E-state index is 12.8. The number of hydrogen-bond acceptors (Lipinski definition) is 4. The minimum Gasteiger partial charge on any atom is -0.452 e. The van der Waals surface area contributed by atoms with Crippen molar-refractivity contribution in [3.8, 4) is 0 Å². The molecule has 0 fully saturated rings. The Morgan fingerprint density at radius 3 is 2.38 bits per heavy atom. The fourth-order valence-electron chi connectivity index (χ4n) is 2.11. The number of anilines is 1. The van der Waals surface area contributed by atoms with Gasteiger partial charge in [0.15, 0.2) is 6.61 Å². The Balaban J connectivity index is 1.76. The lowest BCUT2D eigenvalue weighted by Crippen LogP contribution is -2.35. The first kappa shape index (κ1) is 19.1. The van der Waals surface area contributed by atoms with E-state index in [9.17, 15) is 18.8 Å². The van der Waals surface area contributed by atoms with Gasteiger partial charge in [-0.05, 0) is 55.3 Å². The zero-order valence-corrected chi connectivity index (χ0v) is 14.5. The number of halogens is 1. The van der Waals surface area contributed by atoms with E-state index in [0.717, 1.165) is 23.3 Å². The first-order valence-corrected chi connectivity index (χ1v) is 7.92. The standard InChI is InChI=1S/C19H19FN2O4/c1-12-4-3-5-16(13(12)2)22-17(23)10-21-18(24)11-26-19(25)14-6-8-15(20)9-7-14/h3-9H,10-11H2,1-2H3,(H,21,24)(H,22,23). The number of ether oxygens (including phenoxy) is 1. The van der Waals surface area contributed by atoms with Gasteiger partial charge in [-0.2, -0.15) is 0 Å². The second kappa shape index (κ2) is 8.75. The lowest BCUT2D eigenvalue weighted by Gasteiger charge is -2.11. The van der Waals surface area contributed by atoms with E-state index in [1.807, 2.05) is 26.0 Å². The van der Waals surface area contributed by atoms with Crippen LogP contribution in [0.1, 0.15) is 21.5 Å². The SMILES string of the molecule is Cc1cccc(NC(=O)CNC(=O)COC(=O)c2ccc(F)cc2)c1C. The number of esters is 1. The van der Waals surface area contributed by atoms with Gasteiger partial charge in [0.1, 0.15) is 5.82 Å². The molecule has 0 aliphatic rings. The van der Waals surface area contributed by atoms with Crippen LogP contribution in [0.5, 0.6) is 0 Å². The van der Waals surface area contributed by atoms with Gasteiger partial charge in [-0.1, -0.05) is 12.1 Å². The Labute approximate surface area is 150 Å². The van der Waals surface area contributed by atoms with Gasteiger partial charge in [0.2, 0.25) is 5.91 Å². The number of aryl methyl sites for hydroxylation is 1. The van der Waals surface area contributed by atoms with Gasteiger partial charge in [-0.25, -0.2) is 9.18 Å². The van der Waals surface area contributed by atoms with Gasteiger partial charge >= 0.3 is 5.97 Å². The summed E-state index contributed by atoms with van der Waals surface area (Å²) in [6.07, 6.45) is 0. The highest BCUT2D eigenvalue weighted by molar-refractivity contribution is 5.96. The zero-order valence-electron chi connectivity index (χ0n) is 14.5. The Morgan fingerprint density at radius 2 is 1.69 bits per heavy atom. The number of amides is 2. The van der Waals surface area contributed by atoms with E-state index < -0.39 is 30.2 Å². The first-order chi connectivity index (χ1) is 12.4. The molecular weight excluding hydrogens is 339 g/mol. The fraction of sp³-hybridized carbons (Fsp3) is 0.211. The van der Waals surface area contributed by atoms with E-state index in [0.29, 0.717) is 5.69 Å². The molecule has 0 radical (unpaired) electrons. The molecule has 0 atom stereocenters. The van der Waals surface area contributed by atoms with Crippen molar-refractivity contribution in [2.75, 3.05) is 18.5 Å². The molecule has 0 aromatic heterocycles. The highest BCUT2D eigenvalue weighted by Gasteiger charge is 2.12. The summed E-state index contributed by atoms with van der Waals surface area (Å²) in [6.45, 7) is 3.04. The van der Waals surface area contributed by atoms with Crippen LogP contribution < -0.4 is 10.6 Å². The number of rotatable bonds is 6. The Morgan fingerprint density at radius 1 is 1.00 bits per heavy atom. The monoisotopic (exact) mass is 358 g/mol. The largest absolute Gasteiger partial charge is 0.452 e. The zero-order chi connectivity index (χ0) is 19.1. The quantitative estimate of drug-likeness (QED) is 0.777. The van der Waals surface area contributed by atoms with Crippen molar-refractivity contribution in [1.29, 1.82) is 0 Å². The second-order valence-electron chi connectivity index (χ2n) is 5.66. The summed E-state index contributed by atoms with van der Waals surface area (Å²) in [7, 11) is 0. The van der Waals surface area contributed by atoms with Gasteiger partial charge < -0.3 is 15.4 Å². The van der Waals surface area contributed by atoms with Crippen molar-refractivity contribution in [1.82, 2.24) is 5.32 Å². The normalized spacial score (nSPS) is 10.1. The van der Waals surface area contributed by atoms with E-state index in [-0.39, 0.29) is 12.1 Å². The number of nitrogens with one attached hydrogen (secondary N) is 2. The van der Waals surface area contributed by atoms with Crippen molar-refractivity contribution in [2.45, 2.75) is 13.8 Å². The smallest absolute Gasteiger partial charge is 0.338 e. The van der Waals surface area contributed by atoms with Crippen LogP contribution in [-0.2, 0) is 14.3 Å². The molecule has 0 unspecified atom stereocenters. The lowest BCUT2D eigenvalue weighted by molar-refractivity contribution is -0.126. The molecule has 7 heteroatoms. The third-order valence-corrected chi connectivity index (χ3v) is 3.74. The van der Waals surface area contributed by atoms with Crippen molar-refractivity contribution >= 4 is 23.5 Å². The molecule has 0 saturated heterocycles. The molecule has 2 rings (SSSR count). The topological polar surface area (TPSA) is 84.5 Å². The minimum atomic E-state index is -0.750. The molecule has 0 bridgehead atoms. The van der Waals surface area contributed by atoms with Crippen molar-refractivity contribution in [3.63, 3.8) is 0 Å². The molecule has 2 amide bonds. The molecule has 2 N–H and O–H groups in total. The van der Waals surface area contributed by atoms with Crippen LogP contribution in [0, 0.1) is 19.7 Å². The number of carbonyl (C=O) groups is 3. The molecule has 0 aliphatic carbocycles.